The molecule has 3 aliphatic rings. The van der Waals surface area contributed by atoms with Gasteiger partial charge in [0, 0.05) is 38.7 Å². The smallest absolute Gasteiger partial charge is 0.0618 e. The van der Waals surface area contributed by atoms with Crippen LogP contribution in [0.3, 0.4) is 0 Å². The van der Waals surface area contributed by atoms with Crippen molar-refractivity contribution in [1.29, 1.82) is 0 Å². The third-order valence-corrected chi connectivity index (χ3v) is 13.9. The maximum atomic E-state index is 2.53. The second-order valence-electron chi connectivity index (χ2n) is 18.1. The lowest BCUT2D eigenvalue weighted by molar-refractivity contribution is 0.660. The number of anilines is 3. The van der Waals surface area contributed by atoms with E-state index in [1.165, 1.54) is 94.7 Å². The number of hydrogen-bond donors (Lipinski definition) is 0. The highest BCUT2D eigenvalue weighted by Gasteiger charge is 2.39. The number of benzene rings is 8. The second-order valence-corrected chi connectivity index (χ2v) is 18.1. The van der Waals surface area contributed by atoms with Gasteiger partial charge in [0.25, 0.3) is 0 Å². The van der Waals surface area contributed by atoms with Crippen LogP contribution in [0.15, 0.2) is 176 Å². The summed E-state index contributed by atoms with van der Waals surface area (Å²) in [5, 5.41) is 0. The van der Waals surface area contributed by atoms with Crippen LogP contribution < -0.4 is 4.90 Å². The Bertz CT molecular complexity index is 2850. The largest absolute Gasteiger partial charge is 0.309 e. The van der Waals surface area contributed by atoms with Crippen LogP contribution in [0, 0.1) is 0 Å². The van der Waals surface area contributed by atoms with Crippen LogP contribution in [0.25, 0.3) is 55.6 Å². The minimum Gasteiger partial charge on any atom is -0.309 e. The third-order valence-electron chi connectivity index (χ3n) is 13.9. The Labute approximate surface area is 343 Å². The van der Waals surface area contributed by atoms with E-state index in [4.69, 9.17) is 0 Å². The first-order valence-corrected chi connectivity index (χ1v) is 20.8. The number of para-hydroxylation sites is 2. The second kappa shape index (κ2) is 12.3. The molecule has 0 spiro atoms. The van der Waals surface area contributed by atoms with E-state index in [2.05, 4.69) is 222 Å². The molecule has 0 aromatic heterocycles. The Morgan fingerprint density at radius 3 is 1.10 bits per heavy atom. The van der Waals surface area contributed by atoms with Gasteiger partial charge in [-0.25, -0.2) is 0 Å². The molecule has 8 aromatic rings. The van der Waals surface area contributed by atoms with Crippen LogP contribution in [0.1, 0.15) is 74.9 Å². The maximum absolute atomic E-state index is 2.53. The molecule has 0 fully saturated rings. The van der Waals surface area contributed by atoms with Gasteiger partial charge in [-0.3, -0.25) is 0 Å². The molecule has 0 aliphatic heterocycles. The Balaban J connectivity index is 1.18. The molecular formula is C57H47N. The molecule has 0 amide bonds. The molecule has 1 nitrogen and oxygen atoms in total. The van der Waals surface area contributed by atoms with E-state index >= 15 is 0 Å². The Morgan fingerprint density at radius 1 is 0.276 bits per heavy atom. The molecule has 0 saturated heterocycles. The van der Waals surface area contributed by atoms with E-state index in [1.54, 1.807) is 0 Å². The maximum Gasteiger partial charge on any atom is 0.0618 e. The Morgan fingerprint density at radius 2 is 0.638 bits per heavy atom. The lowest BCUT2D eigenvalue weighted by atomic mass is 9.80. The van der Waals surface area contributed by atoms with E-state index in [1.807, 2.05) is 0 Å². The number of hydrogen-bond acceptors (Lipinski definition) is 1. The number of rotatable bonds is 5. The summed E-state index contributed by atoms with van der Waals surface area (Å²) < 4.78 is 0. The highest BCUT2D eigenvalue weighted by Crippen LogP contribution is 2.55. The monoisotopic (exact) mass is 745 g/mol. The average molecular weight is 746 g/mol. The normalized spacial score (nSPS) is 15.5. The first-order chi connectivity index (χ1) is 28.0. The first kappa shape index (κ1) is 34.8. The molecule has 0 bridgehead atoms. The molecule has 0 saturated carbocycles. The summed E-state index contributed by atoms with van der Waals surface area (Å²) in [6.07, 6.45) is 0. The number of fused-ring (bicyclic) bond motifs is 9. The highest BCUT2D eigenvalue weighted by atomic mass is 15.1. The molecule has 0 radical (unpaired) electrons. The number of nitrogens with zero attached hydrogens (tertiary/aromatic N) is 1. The van der Waals surface area contributed by atoms with Gasteiger partial charge in [-0.2, -0.15) is 0 Å². The van der Waals surface area contributed by atoms with Crippen molar-refractivity contribution >= 4 is 17.1 Å². The molecule has 0 unspecified atom stereocenters. The van der Waals surface area contributed by atoms with Gasteiger partial charge in [0.15, 0.2) is 0 Å². The fourth-order valence-corrected chi connectivity index (χ4v) is 10.8. The topological polar surface area (TPSA) is 3.24 Å². The van der Waals surface area contributed by atoms with E-state index in [0.29, 0.717) is 0 Å². The van der Waals surface area contributed by atoms with Crippen LogP contribution >= 0.6 is 0 Å². The van der Waals surface area contributed by atoms with E-state index < -0.39 is 0 Å². The lowest BCUT2D eigenvalue weighted by Crippen LogP contribution is -2.17. The van der Waals surface area contributed by atoms with Gasteiger partial charge < -0.3 is 4.90 Å². The molecular weight excluding hydrogens is 699 g/mol. The third kappa shape index (κ3) is 4.83. The van der Waals surface area contributed by atoms with Crippen molar-refractivity contribution in [3.63, 3.8) is 0 Å². The summed E-state index contributed by atoms with van der Waals surface area (Å²) in [6.45, 7) is 14.3. The molecule has 3 aliphatic carbocycles. The van der Waals surface area contributed by atoms with Crippen LogP contribution in [-0.2, 0) is 16.2 Å². The summed E-state index contributed by atoms with van der Waals surface area (Å²) in [7, 11) is 0. The summed E-state index contributed by atoms with van der Waals surface area (Å²) in [4.78, 5) is 2.53. The molecule has 0 N–H and O–H groups in total. The van der Waals surface area contributed by atoms with Gasteiger partial charge in [0.2, 0.25) is 0 Å². The predicted molar refractivity (Wildman–Crippen MR) is 245 cm³/mol. The minimum absolute atomic E-state index is 0.111. The molecule has 1 heteroatoms. The first-order valence-electron chi connectivity index (χ1n) is 20.8. The molecule has 280 valence electrons. The zero-order chi connectivity index (χ0) is 39.6. The molecule has 11 rings (SSSR count). The van der Waals surface area contributed by atoms with E-state index in [-0.39, 0.29) is 16.2 Å². The quantitative estimate of drug-likeness (QED) is 0.170. The van der Waals surface area contributed by atoms with Gasteiger partial charge in [-0.05, 0) is 114 Å². The summed E-state index contributed by atoms with van der Waals surface area (Å²) in [6, 6.07) is 66.3. The van der Waals surface area contributed by atoms with E-state index in [0.717, 1.165) is 11.4 Å². The summed E-state index contributed by atoms with van der Waals surface area (Å²) >= 11 is 0. The lowest BCUT2D eigenvalue weighted by Gasteiger charge is -2.32. The van der Waals surface area contributed by atoms with Gasteiger partial charge >= 0.3 is 0 Å². The Kier molecular flexibility index (Phi) is 7.36. The average Bonchev–Trinajstić information content (AvgIpc) is 3.73. The van der Waals surface area contributed by atoms with Crippen molar-refractivity contribution in [1.82, 2.24) is 0 Å². The van der Waals surface area contributed by atoms with Crippen LogP contribution in [-0.4, -0.2) is 0 Å². The standard InChI is InChI=1S/C57H47N/c1-55(2)48-24-13-10-19-42(48)45-30-27-36(33-51(45)55)40-22-16-23-41(37-28-31-46-43-20-11-14-25-49(43)56(3,4)52(46)34-37)54(40)58(38-17-8-7-9-18-38)39-29-32-47-44-21-12-15-26-50(44)57(5,6)53(47)35-39/h7-35H,1-6H3. The van der Waals surface area contributed by atoms with Gasteiger partial charge in [0.05, 0.1) is 5.69 Å². The van der Waals surface area contributed by atoms with Crippen molar-refractivity contribution < 1.29 is 0 Å². The van der Waals surface area contributed by atoms with Gasteiger partial charge in [0.1, 0.15) is 0 Å². The Hall–Kier alpha value is -6.44. The van der Waals surface area contributed by atoms with Crippen molar-refractivity contribution in [2.24, 2.45) is 0 Å². The molecule has 0 heterocycles. The minimum atomic E-state index is -0.131. The van der Waals surface area contributed by atoms with Gasteiger partial charge in [-0.1, -0.05) is 181 Å². The fraction of sp³-hybridized carbons (Fsp3) is 0.158. The zero-order valence-electron chi connectivity index (χ0n) is 34.2. The predicted octanol–water partition coefficient (Wildman–Crippen LogP) is 15.4. The molecule has 0 atom stereocenters. The zero-order valence-corrected chi connectivity index (χ0v) is 34.2. The highest BCUT2D eigenvalue weighted by molar-refractivity contribution is 6.00. The van der Waals surface area contributed by atoms with E-state index in [9.17, 15) is 0 Å². The van der Waals surface area contributed by atoms with Gasteiger partial charge in [-0.15, -0.1) is 0 Å². The van der Waals surface area contributed by atoms with Crippen LogP contribution in [0.5, 0.6) is 0 Å². The van der Waals surface area contributed by atoms with Crippen molar-refractivity contribution in [3.05, 3.63) is 209 Å². The van der Waals surface area contributed by atoms with Crippen molar-refractivity contribution in [2.75, 3.05) is 4.90 Å². The van der Waals surface area contributed by atoms with Crippen LogP contribution in [0.2, 0.25) is 0 Å². The summed E-state index contributed by atoms with van der Waals surface area (Å²) in [5.41, 5.74) is 24.3. The SMILES string of the molecule is CC1(C)c2ccccc2-c2ccc(-c3cccc(-c4ccc5c(c4)C(C)(C)c4ccccc4-5)c3N(c3ccccc3)c3ccc4c(c3)C(C)(C)c3ccccc3-4)cc21. The summed E-state index contributed by atoms with van der Waals surface area (Å²) in [5.74, 6) is 0. The molecule has 58 heavy (non-hydrogen) atoms. The van der Waals surface area contributed by atoms with Crippen LogP contribution in [0.4, 0.5) is 17.1 Å². The van der Waals surface area contributed by atoms with Crippen molar-refractivity contribution in [2.45, 2.75) is 57.8 Å². The fourth-order valence-electron chi connectivity index (χ4n) is 10.8. The molecule has 8 aromatic carbocycles. The van der Waals surface area contributed by atoms with Crippen molar-refractivity contribution in [3.8, 4) is 55.6 Å².